The van der Waals surface area contributed by atoms with Gasteiger partial charge in [-0.15, -0.1) is 0 Å². The zero-order valence-corrected chi connectivity index (χ0v) is 9.93. The first-order valence-corrected chi connectivity index (χ1v) is 6.94. The molecule has 2 N–H and O–H groups in total. The molecule has 2 rings (SSSR count). The first-order valence-electron chi connectivity index (χ1n) is 5.23. The van der Waals surface area contributed by atoms with Gasteiger partial charge in [0.1, 0.15) is 5.78 Å². The van der Waals surface area contributed by atoms with Gasteiger partial charge in [0.25, 0.3) is 0 Å². The molecule has 2 aliphatic rings. The molecule has 2 aliphatic carbocycles. The van der Waals surface area contributed by atoms with E-state index in [-0.39, 0.29) is 17.0 Å². The molecular weight excluding hydrogens is 214 g/mol. The van der Waals surface area contributed by atoms with Crippen LogP contribution in [-0.2, 0) is 14.8 Å². The van der Waals surface area contributed by atoms with Crippen LogP contribution in [0.25, 0.3) is 0 Å². The predicted molar refractivity (Wildman–Crippen MR) is 56.5 cm³/mol. The van der Waals surface area contributed by atoms with Gasteiger partial charge in [0.2, 0.25) is 10.0 Å². The minimum absolute atomic E-state index is 0.0952. The van der Waals surface area contributed by atoms with Gasteiger partial charge >= 0.3 is 0 Å². The fraction of sp³-hybridized carbons (Fsp3) is 0.900. The van der Waals surface area contributed by atoms with E-state index in [0.29, 0.717) is 18.8 Å². The molecule has 4 nitrogen and oxygen atoms in total. The van der Waals surface area contributed by atoms with Crippen LogP contribution in [0.1, 0.15) is 33.1 Å². The Morgan fingerprint density at radius 2 is 2.07 bits per heavy atom. The maximum Gasteiger partial charge on any atom is 0.210 e. The van der Waals surface area contributed by atoms with Crippen LogP contribution in [0, 0.1) is 16.7 Å². The summed E-state index contributed by atoms with van der Waals surface area (Å²) in [5.74, 6) is 0.257. The van der Waals surface area contributed by atoms with E-state index in [4.69, 9.17) is 5.14 Å². The average molecular weight is 231 g/mol. The van der Waals surface area contributed by atoms with Crippen molar-refractivity contribution in [2.75, 3.05) is 5.75 Å². The maximum absolute atomic E-state index is 11.9. The van der Waals surface area contributed by atoms with Crippen molar-refractivity contribution in [1.82, 2.24) is 0 Å². The molecule has 0 unspecified atom stereocenters. The molecule has 2 saturated carbocycles. The molecule has 0 aromatic heterocycles. The lowest BCUT2D eigenvalue weighted by molar-refractivity contribution is -0.128. The highest BCUT2D eigenvalue weighted by molar-refractivity contribution is 7.89. The van der Waals surface area contributed by atoms with Crippen molar-refractivity contribution in [3.63, 3.8) is 0 Å². The molecule has 0 aliphatic heterocycles. The highest BCUT2D eigenvalue weighted by Crippen LogP contribution is 2.64. The van der Waals surface area contributed by atoms with Crippen LogP contribution in [-0.4, -0.2) is 20.0 Å². The van der Waals surface area contributed by atoms with E-state index in [2.05, 4.69) is 0 Å². The summed E-state index contributed by atoms with van der Waals surface area (Å²) in [6.45, 7) is 4.00. The van der Waals surface area contributed by atoms with Gasteiger partial charge in [-0.2, -0.15) is 0 Å². The van der Waals surface area contributed by atoms with Gasteiger partial charge in [-0.3, -0.25) is 4.79 Å². The minimum Gasteiger partial charge on any atom is -0.299 e. The van der Waals surface area contributed by atoms with Crippen LogP contribution >= 0.6 is 0 Å². The Kier molecular flexibility index (Phi) is 2.09. The van der Waals surface area contributed by atoms with Crippen LogP contribution in [0.15, 0.2) is 0 Å². The fourth-order valence-corrected chi connectivity index (χ4v) is 4.82. The van der Waals surface area contributed by atoms with Crippen LogP contribution in [0.5, 0.6) is 0 Å². The largest absolute Gasteiger partial charge is 0.299 e. The van der Waals surface area contributed by atoms with E-state index in [0.717, 1.165) is 6.42 Å². The lowest BCUT2D eigenvalue weighted by Crippen LogP contribution is -2.43. The van der Waals surface area contributed by atoms with Crippen molar-refractivity contribution in [3.05, 3.63) is 0 Å². The zero-order chi connectivity index (χ0) is 11.5. The van der Waals surface area contributed by atoms with Gasteiger partial charge in [-0.25, -0.2) is 13.6 Å². The monoisotopic (exact) mass is 231 g/mol. The molecule has 0 amide bonds. The number of hydrogen-bond donors (Lipinski definition) is 1. The third-order valence-electron chi connectivity index (χ3n) is 4.59. The summed E-state index contributed by atoms with van der Waals surface area (Å²) in [5.41, 5.74) is -0.915. The van der Waals surface area contributed by atoms with Crippen molar-refractivity contribution in [3.8, 4) is 0 Å². The Balaban J connectivity index is 2.45. The Bertz CT molecular complexity index is 412. The van der Waals surface area contributed by atoms with E-state index >= 15 is 0 Å². The summed E-state index contributed by atoms with van der Waals surface area (Å²) in [4.78, 5) is 11.9. The van der Waals surface area contributed by atoms with Crippen LogP contribution < -0.4 is 5.14 Å². The molecule has 5 heteroatoms. The lowest BCUT2D eigenvalue weighted by Gasteiger charge is -2.35. The molecule has 0 aromatic rings. The summed E-state index contributed by atoms with van der Waals surface area (Å²) in [6.07, 6.45) is 2.16. The lowest BCUT2D eigenvalue weighted by atomic mass is 9.70. The van der Waals surface area contributed by atoms with Gasteiger partial charge in [-0.1, -0.05) is 13.8 Å². The second kappa shape index (κ2) is 2.83. The van der Waals surface area contributed by atoms with Gasteiger partial charge < -0.3 is 0 Å². The summed E-state index contributed by atoms with van der Waals surface area (Å²) in [6, 6.07) is 0. The Hall–Kier alpha value is -0.420. The number of primary sulfonamides is 1. The standard InChI is InChI=1S/C10H17NO3S/c1-9(2)7-3-4-10(9,8(12)5-7)6-15(11,13)14/h7H,3-6H2,1-2H3,(H2,11,13,14)/t7-,10-/m0/s1. The first kappa shape index (κ1) is 11.1. The second-order valence-electron chi connectivity index (χ2n) is 5.47. The molecule has 15 heavy (non-hydrogen) atoms. The third kappa shape index (κ3) is 1.36. The van der Waals surface area contributed by atoms with E-state index in [1.807, 2.05) is 13.8 Å². The number of rotatable bonds is 2. The molecule has 0 saturated heterocycles. The Morgan fingerprint density at radius 1 is 1.47 bits per heavy atom. The van der Waals surface area contributed by atoms with Crippen molar-refractivity contribution in [1.29, 1.82) is 0 Å². The number of ketones is 1. The number of carbonyl (C=O) groups excluding carboxylic acids is 1. The van der Waals surface area contributed by atoms with Crippen LogP contribution in [0.3, 0.4) is 0 Å². The molecule has 2 bridgehead atoms. The number of carbonyl (C=O) groups is 1. The average Bonchev–Trinajstić information content (AvgIpc) is 2.34. The van der Waals surface area contributed by atoms with E-state index in [1.54, 1.807) is 0 Å². The number of sulfonamides is 1. The molecule has 0 aromatic carbocycles. The van der Waals surface area contributed by atoms with Gasteiger partial charge in [0.05, 0.1) is 5.75 Å². The van der Waals surface area contributed by atoms with Crippen molar-refractivity contribution < 1.29 is 13.2 Å². The Morgan fingerprint density at radius 3 is 2.40 bits per heavy atom. The summed E-state index contributed by atoms with van der Waals surface area (Å²) in [7, 11) is -3.58. The smallest absolute Gasteiger partial charge is 0.210 e. The quantitative estimate of drug-likeness (QED) is 0.758. The summed E-state index contributed by atoms with van der Waals surface area (Å²) in [5, 5.41) is 5.10. The fourth-order valence-electron chi connectivity index (χ4n) is 3.45. The normalized spacial score (nSPS) is 38.6. The number of fused-ring (bicyclic) bond motifs is 2. The van der Waals surface area contributed by atoms with Crippen molar-refractivity contribution >= 4 is 15.8 Å². The topological polar surface area (TPSA) is 77.2 Å². The zero-order valence-electron chi connectivity index (χ0n) is 9.12. The van der Waals surface area contributed by atoms with Crippen LogP contribution in [0.4, 0.5) is 0 Å². The number of Topliss-reactive ketones (excluding diaryl/α,β-unsaturated/α-hetero) is 1. The Labute approximate surface area is 90.3 Å². The van der Waals surface area contributed by atoms with E-state index in [9.17, 15) is 13.2 Å². The SMILES string of the molecule is CC1(C)[C@H]2CC[C@]1(CS(N)(=O)=O)C(=O)C2. The first-order chi connectivity index (χ1) is 6.69. The molecule has 0 spiro atoms. The van der Waals surface area contributed by atoms with Gasteiger partial charge in [0, 0.05) is 11.8 Å². The predicted octanol–water partition coefficient (Wildman–Crippen LogP) is 0.670. The minimum atomic E-state index is -3.58. The summed E-state index contributed by atoms with van der Waals surface area (Å²) < 4.78 is 22.5. The highest BCUT2D eigenvalue weighted by Gasteiger charge is 2.65. The molecule has 2 fully saturated rings. The number of nitrogens with two attached hydrogens (primary N) is 1. The third-order valence-corrected chi connectivity index (χ3v) is 5.48. The van der Waals surface area contributed by atoms with Gasteiger partial charge in [-0.05, 0) is 24.2 Å². The van der Waals surface area contributed by atoms with Gasteiger partial charge in [0.15, 0.2) is 0 Å². The van der Waals surface area contributed by atoms with E-state index in [1.165, 1.54) is 0 Å². The van der Waals surface area contributed by atoms with Crippen LogP contribution in [0.2, 0.25) is 0 Å². The molecule has 0 radical (unpaired) electrons. The van der Waals surface area contributed by atoms with Crippen molar-refractivity contribution in [2.24, 2.45) is 21.9 Å². The number of hydrogen-bond acceptors (Lipinski definition) is 3. The molecule has 86 valence electrons. The van der Waals surface area contributed by atoms with E-state index < -0.39 is 15.4 Å². The molecular formula is C10H17NO3S. The van der Waals surface area contributed by atoms with Crippen molar-refractivity contribution in [2.45, 2.75) is 33.1 Å². The molecule has 0 heterocycles. The second-order valence-corrected chi connectivity index (χ2v) is 7.09. The summed E-state index contributed by atoms with van der Waals surface area (Å²) >= 11 is 0. The highest BCUT2D eigenvalue weighted by atomic mass is 32.2. The molecule has 2 atom stereocenters. The maximum atomic E-state index is 11.9.